The van der Waals surface area contributed by atoms with Gasteiger partial charge >= 0.3 is 0 Å². The molecule has 11 nitrogen and oxygen atoms in total. The highest BCUT2D eigenvalue weighted by Gasteiger charge is 2.34. The zero-order valence-electron chi connectivity index (χ0n) is 27.0. The molecule has 5 aromatic rings. The molecular formula is C35H33FN6O5S2. The van der Waals surface area contributed by atoms with Crippen LogP contribution in [0.3, 0.4) is 0 Å². The molecule has 2 amide bonds. The number of hydrogen-bond donors (Lipinski definition) is 1. The van der Waals surface area contributed by atoms with Crippen molar-refractivity contribution in [2.45, 2.75) is 31.1 Å². The molecule has 2 aromatic heterocycles. The van der Waals surface area contributed by atoms with Crippen molar-refractivity contribution in [1.29, 1.82) is 0 Å². The maximum absolute atomic E-state index is 13.8. The number of benzene rings is 3. The molecule has 0 unspecified atom stereocenters. The van der Waals surface area contributed by atoms with Gasteiger partial charge in [0.05, 0.1) is 49.8 Å². The molecule has 6 rings (SSSR count). The number of thioether (sulfide) groups is 1. The Balaban J connectivity index is 1.24. The Bertz CT molecular complexity index is 1930. The maximum Gasteiger partial charge on any atom is 0.253 e. The quantitative estimate of drug-likeness (QED) is 0.143. The summed E-state index contributed by atoms with van der Waals surface area (Å²) in [6.45, 7) is 2.47. The van der Waals surface area contributed by atoms with Crippen LogP contribution in [0, 0.1) is 5.82 Å². The molecular weight excluding hydrogens is 668 g/mol. The van der Waals surface area contributed by atoms with E-state index in [4.69, 9.17) is 19.3 Å². The van der Waals surface area contributed by atoms with Gasteiger partial charge in [-0.3, -0.25) is 14.2 Å². The van der Waals surface area contributed by atoms with Crippen molar-refractivity contribution in [3.05, 3.63) is 112 Å². The van der Waals surface area contributed by atoms with Crippen LogP contribution in [0.2, 0.25) is 0 Å². The summed E-state index contributed by atoms with van der Waals surface area (Å²) < 4.78 is 31.8. The standard InChI is InChI=1S/C35H33FN6O5S2/c1-4-47-26-13-11-25(12-14-26)41-32(20-37-34(44)23-16-27(45-2)18-28(17-23)46-3)38-39-35(41)49-21-33(43)42-30(22-7-9-24(36)10-8-22)19-29(40-42)31-6-5-15-48-31/h5-18,30H,4,19-21H2,1-3H3,(H,37,44)/t30-/m0/s1. The molecule has 1 atom stereocenters. The van der Waals surface area contributed by atoms with Crippen molar-refractivity contribution in [2.24, 2.45) is 5.10 Å². The molecule has 0 saturated carbocycles. The Morgan fingerprint density at radius 2 is 1.71 bits per heavy atom. The highest BCUT2D eigenvalue weighted by Crippen LogP contribution is 2.35. The Kier molecular flexibility index (Phi) is 10.5. The largest absolute Gasteiger partial charge is 0.497 e. The summed E-state index contributed by atoms with van der Waals surface area (Å²) in [5.74, 6) is 1.17. The third kappa shape index (κ3) is 7.76. The van der Waals surface area contributed by atoms with E-state index in [0.29, 0.717) is 46.8 Å². The van der Waals surface area contributed by atoms with Crippen molar-refractivity contribution in [3.63, 3.8) is 0 Å². The molecule has 3 heterocycles. The number of carbonyl (C=O) groups excluding carboxylic acids is 2. The first-order valence-corrected chi connectivity index (χ1v) is 17.2. The summed E-state index contributed by atoms with van der Waals surface area (Å²) in [5.41, 5.74) is 2.66. The van der Waals surface area contributed by atoms with Gasteiger partial charge < -0.3 is 19.5 Å². The van der Waals surface area contributed by atoms with Crippen molar-refractivity contribution in [3.8, 4) is 22.9 Å². The lowest BCUT2D eigenvalue weighted by atomic mass is 10.0. The van der Waals surface area contributed by atoms with Gasteiger partial charge in [-0.2, -0.15) is 5.10 Å². The van der Waals surface area contributed by atoms with Crippen LogP contribution in [0.5, 0.6) is 17.2 Å². The van der Waals surface area contributed by atoms with E-state index in [-0.39, 0.29) is 36.0 Å². The highest BCUT2D eigenvalue weighted by atomic mass is 32.2. The van der Waals surface area contributed by atoms with Crippen LogP contribution >= 0.6 is 23.1 Å². The number of methoxy groups -OCH3 is 2. The zero-order valence-corrected chi connectivity index (χ0v) is 28.6. The number of ether oxygens (including phenoxy) is 3. The van der Waals surface area contributed by atoms with Gasteiger partial charge in [0, 0.05) is 23.7 Å². The lowest BCUT2D eigenvalue weighted by Gasteiger charge is -2.22. The first-order valence-electron chi connectivity index (χ1n) is 15.4. The van der Waals surface area contributed by atoms with Gasteiger partial charge in [-0.15, -0.1) is 21.5 Å². The minimum atomic E-state index is -0.379. The van der Waals surface area contributed by atoms with E-state index in [1.165, 1.54) is 43.1 Å². The Hall–Kier alpha value is -5.21. The second-order valence-electron chi connectivity index (χ2n) is 10.8. The fourth-order valence-electron chi connectivity index (χ4n) is 5.29. The SMILES string of the molecule is CCOc1ccc(-n2c(CNC(=O)c3cc(OC)cc(OC)c3)nnc2SCC(=O)N2N=C(c3cccs3)C[C@H]2c2ccc(F)cc2)cc1. The molecule has 0 spiro atoms. The van der Waals surface area contributed by atoms with Crippen molar-refractivity contribution in [1.82, 2.24) is 25.1 Å². The molecule has 0 saturated heterocycles. The topological polar surface area (TPSA) is 120 Å². The minimum absolute atomic E-state index is 0.00401. The molecule has 0 radical (unpaired) electrons. The van der Waals surface area contributed by atoms with E-state index in [2.05, 4.69) is 15.5 Å². The number of carbonyl (C=O) groups is 2. The van der Waals surface area contributed by atoms with Gasteiger partial charge in [-0.1, -0.05) is 30.0 Å². The first-order chi connectivity index (χ1) is 23.9. The predicted molar refractivity (Wildman–Crippen MR) is 185 cm³/mol. The molecule has 3 aromatic carbocycles. The third-order valence-electron chi connectivity index (χ3n) is 7.68. The van der Waals surface area contributed by atoms with Crippen molar-refractivity contribution in [2.75, 3.05) is 26.6 Å². The number of amides is 2. The molecule has 0 aliphatic carbocycles. The van der Waals surface area contributed by atoms with Crippen molar-refractivity contribution >= 4 is 40.6 Å². The van der Waals surface area contributed by atoms with Crippen LogP contribution in [0.25, 0.3) is 5.69 Å². The number of rotatable bonds is 13. The molecule has 14 heteroatoms. The predicted octanol–water partition coefficient (Wildman–Crippen LogP) is 6.28. The number of nitrogens with zero attached hydrogens (tertiary/aromatic N) is 5. The first kappa shape index (κ1) is 33.7. The van der Waals surface area contributed by atoms with Crippen LogP contribution in [-0.4, -0.2) is 63.9 Å². The average Bonchev–Trinajstić information content (AvgIpc) is 3.91. The second-order valence-corrected chi connectivity index (χ2v) is 12.7. The zero-order chi connectivity index (χ0) is 34.3. The van der Waals surface area contributed by atoms with Gasteiger partial charge in [0.25, 0.3) is 11.8 Å². The van der Waals surface area contributed by atoms with E-state index in [1.807, 2.05) is 48.7 Å². The smallest absolute Gasteiger partial charge is 0.253 e. The van der Waals surface area contributed by atoms with Crippen LogP contribution in [0.15, 0.2) is 94.5 Å². The molecule has 0 bridgehead atoms. The summed E-state index contributed by atoms with van der Waals surface area (Å²) in [6.07, 6.45) is 0.508. The molecule has 1 aliphatic rings. The summed E-state index contributed by atoms with van der Waals surface area (Å²) >= 11 is 2.76. The Morgan fingerprint density at radius 3 is 2.37 bits per heavy atom. The van der Waals surface area contributed by atoms with Crippen LogP contribution < -0.4 is 19.5 Å². The van der Waals surface area contributed by atoms with Gasteiger partial charge in [-0.05, 0) is 72.5 Å². The second kappa shape index (κ2) is 15.3. The summed E-state index contributed by atoms with van der Waals surface area (Å²) in [5, 5.41) is 20.3. The average molecular weight is 701 g/mol. The lowest BCUT2D eigenvalue weighted by molar-refractivity contribution is -0.130. The number of thiophene rings is 1. The van der Waals surface area contributed by atoms with E-state index < -0.39 is 0 Å². The van der Waals surface area contributed by atoms with E-state index >= 15 is 0 Å². The van der Waals surface area contributed by atoms with Gasteiger partial charge in [0.2, 0.25) is 0 Å². The van der Waals surface area contributed by atoms with Crippen LogP contribution in [0.4, 0.5) is 4.39 Å². The monoisotopic (exact) mass is 700 g/mol. The van der Waals surface area contributed by atoms with Gasteiger partial charge in [0.1, 0.15) is 23.1 Å². The number of halogens is 1. The maximum atomic E-state index is 13.8. The van der Waals surface area contributed by atoms with Crippen molar-refractivity contribution < 1.29 is 28.2 Å². The lowest BCUT2D eigenvalue weighted by Crippen LogP contribution is -2.28. The van der Waals surface area contributed by atoms with Gasteiger partial charge in [0.15, 0.2) is 11.0 Å². The summed E-state index contributed by atoms with van der Waals surface area (Å²) in [7, 11) is 3.03. The van der Waals surface area contributed by atoms with E-state index in [9.17, 15) is 14.0 Å². The Labute approximate surface area is 290 Å². The van der Waals surface area contributed by atoms with Gasteiger partial charge in [-0.25, -0.2) is 9.40 Å². The molecule has 49 heavy (non-hydrogen) atoms. The molecule has 1 N–H and O–H groups in total. The minimum Gasteiger partial charge on any atom is -0.497 e. The van der Waals surface area contributed by atoms with E-state index in [1.54, 1.807) is 46.2 Å². The van der Waals surface area contributed by atoms with Crippen LogP contribution in [0.1, 0.15) is 46.0 Å². The normalized spacial score (nSPS) is 14.0. The highest BCUT2D eigenvalue weighted by molar-refractivity contribution is 7.99. The fourth-order valence-corrected chi connectivity index (χ4v) is 6.84. The molecule has 252 valence electrons. The van der Waals surface area contributed by atoms with Crippen LogP contribution in [-0.2, 0) is 11.3 Å². The molecule has 0 fully saturated rings. The summed E-state index contributed by atoms with van der Waals surface area (Å²) in [6, 6.07) is 22.0. The third-order valence-corrected chi connectivity index (χ3v) is 9.51. The number of hydrogen-bond acceptors (Lipinski definition) is 10. The number of aromatic nitrogens is 3. The Morgan fingerprint density at radius 1 is 0.980 bits per heavy atom. The molecule has 1 aliphatic heterocycles. The summed E-state index contributed by atoms with van der Waals surface area (Å²) in [4.78, 5) is 28.0. The fraction of sp³-hybridized carbons (Fsp3) is 0.229. The number of hydrazone groups is 1. The van der Waals surface area contributed by atoms with E-state index in [0.717, 1.165) is 21.8 Å². The number of nitrogens with one attached hydrogen (secondary N) is 1.